The summed E-state index contributed by atoms with van der Waals surface area (Å²) in [6, 6.07) is 0. The zero-order chi connectivity index (χ0) is 38.1. The molecule has 0 aromatic rings. The average Bonchev–Trinajstić information content (AvgIpc) is 3.14. The molecule has 1 aliphatic heterocycles. The van der Waals surface area contributed by atoms with Gasteiger partial charge in [-0.1, -0.05) is 147 Å². The molecule has 1 rings (SSSR count). The van der Waals surface area contributed by atoms with Crippen molar-refractivity contribution in [3.05, 3.63) is 24.3 Å². The van der Waals surface area contributed by atoms with Crippen LogP contribution >= 0.6 is 0 Å². The van der Waals surface area contributed by atoms with Gasteiger partial charge >= 0.3 is 11.9 Å². The van der Waals surface area contributed by atoms with Crippen molar-refractivity contribution in [3.8, 4) is 0 Å². The maximum atomic E-state index is 12.7. The summed E-state index contributed by atoms with van der Waals surface area (Å²) in [6.45, 7) is 3.36. The topological polar surface area (TPSA) is 152 Å². The van der Waals surface area contributed by atoms with E-state index in [-0.39, 0.29) is 32.0 Å². The SMILES string of the molecule is CCCC/C=C\C/C=C\CCCCCCCC(=O)O[C@H](COC(=O)CCCCCCCCCCCCCCC)CO[C@@H]1O[C@H](CO)[C@H](O)[C@H](O)[C@H]1O. The third-order valence-electron chi connectivity index (χ3n) is 9.59. The minimum absolute atomic E-state index is 0.216. The van der Waals surface area contributed by atoms with Gasteiger partial charge in [0.2, 0.25) is 0 Å². The van der Waals surface area contributed by atoms with Crippen molar-refractivity contribution in [1.29, 1.82) is 0 Å². The van der Waals surface area contributed by atoms with Crippen molar-refractivity contribution in [2.24, 2.45) is 0 Å². The summed E-state index contributed by atoms with van der Waals surface area (Å²) in [5, 5.41) is 40.0. The number of aliphatic hydroxyl groups is 4. The molecule has 10 nitrogen and oxygen atoms in total. The minimum Gasteiger partial charge on any atom is -0.462 e. The van der Waals surface area contributed by atoms with Crippen LogP contribution in [0.1, 0.15) is 174 Å². The lowest BCUT2D eigenvalue weighted by Gasteiger charge is -2.39. The van der Waals surface area contributed by atoms with Gasteiger partial charge in [0.15, 0.2) is 12.4 Å². The number of unbranched alkanes of at least 4 members (excludes halogenated alkanes) is 19. The van der Waals surface area contributed by atoms with Gasteiger partial charge in [-0.3, -0.25) is 9.59 Å². The molecule has 0 saturated carbocycles. The molecular formula is C42H76O10. The van der Waals surface area contributed by atoms with Crippen molar-refractivity contribution in [2.45, 2.75) is 211 Å². The van der Waals surface area contributed by atoms with Crippen molar-refractivity contribution < 1.29 is 49.0 Å². The van der Waals surface area contributed by atoms with Crippen LogP contribution in [0.25, 0.3) is 0 Å². The van der Waals surface area contributed by atoms with Gasteiger partial charge in [0.05, 0.1) is 13.2 Å². The molecule has 0 radical (unpaired) electrons. The lowest BCUT2D eigenvalue weighted by atomic mass is 9.99. The van der Waals surface area contributed by atoms with Crippen LogP contribution in [0.15, 0.2) is 24.3 Å². The highest BCUT2D eigenvalue weighted by atomic mass is 16.7. The highest BCUT2D eigenvalue weighted by Gasteiger charge is 2.44. The molecule has 0 amide bonds. The second-order valence-electron chi connectivity index (χ2n) is 14.4. The predicted molar refractivity (Wildman–Crippen MR) is 206 cm³/mol. The first-order valence-electron chi connectivity index (χ1n) is 20.9. The molecule has 52 heavy (non-hydrogen) atoms. The monoisotopic (exact) mass is 741 g/mol. The van der Waals surface area contributed by atoms with Crippen molar-refractivity contribution in [2.75, 3.05) is 19.8 Å². The molecule has 304 valence electrons. The largest absolute Gasteiger partial charge is 0.462 e. The Bertz CT molecular complexity index is 907. The number of ether oxygens (including phenoxy) is 4. The van der Waals surface area contributed by atoms with Crippen LogP contribution in [0.2, 0.25) is 0 Å². The molecule has 0 aromatic carbocycles. The number of allylic oxidation sites excluding steroid dienone is 4. The van der Waals surface area contributed by atoms with Crippen LogP contribution < -0.4 is 0 Å². The molecule has 1 fully saturated rings. The summed E-state index contributed by atoms with van der Waals surface area (Å²) in [6.07, 6.45) is 27.5. The summed E-state index contributed by atoms with van der Waals surface area (Å²) < 4.78 is 22.1. The number of rotatable bonds is 34. The van der Waals surface area contributed by atoms with E-state index in [0.717, 1.165) is 64.2 Å². The first kappa shape index (κ1) is 48.2. The first-order valence-corrected chi connectivity index (χ1v) is 20.9. The Balaban J connectivity index is 2.37. The van der Waals surface area contributed by atoms with Gasteiger partial charge in [-0.15, -0.1) is 0 Å². The smallest absolute Gasteiger partial charge is 0.306 e. The van der Waals surface area contributed by atoms with E-state index >= 15 is 0 Å². The molecule has 0 aliphatic carbocycles. The quantitative estimate of drug-likeness (QED) is 0.0289. The number of aliphatic hydroxyl groups excluding tert-OH is 4. The summed E-state index contributed by atoms with van der Waals surface area (Å²) in [5.41, 5.74) is 0. The Labute approximate surface area is 315 Å². The normalized spacial score (nSPS) is 21.2. The predicted octanol–water partition coefficient (Wildman–Crippen LogP) is 8.16. The molecule has 0 unspecified atom stereocenters. The summed E-state index contributed by atoms with van der Waals surface area (Å²) in [5.74, 6) is -0.819. The first-order chi connectivity index (χ1) is 25.3. The van der Waals surface area contributed by atoms with Crippen molar-refractivity contribution in [3.63, 3.8) is 0 Å². The van der Waals surface area contributed by atoms with E-state index in [1.54, 1.807) is 0 Å². The van der Waals surface area contributed by atoms with Gasteiger partial charge in [-0.05, 0) is 38.5 Å². The van der Waals surface area contributed by atoms with Gasteiger partial charge in [-0.25, -0.2) is 0 Å². The molecule has 0 bridgehead atoms. The third-order valence-corrected chi connectivity index (χ3v) is 9.59. The second-order valence-corrected chi connectivity index (χ2v) is 14.4. The van der Waals surface area contributed by atoms with E-state index in [0.29, 0.717) is 6.42 Å². The Morgan fingerprint density at radius 2 is 1.10 bits per heavy atom. The summed E-state index contributed by atoms with van der Waals surface area (Å²) in [4.78, 5) is 25.2. The lowest BCUT2D eigenvalue weighted by Crippen LogP contribution is -2.59. The number of esters is 2. The summed E-state index contributed by atoms with van der Waals surface area (Å²) in [7, 11) is 0. The van der Waals surface area contributed by atoms with Gasteiger partial charge < -0.3 is 39.4 Å². The summed E-state index contributed by atoms with van der Waals surface area (Å²) >= 11 is 0. The molecule has 0 aromatic heterocycles. The van der Waals surface area contributed by atoms with Crippen LogP contribution in [0.5, 0.6) is 0 Å². The highest BCUT2D eigenvalue weighted by molar-refractivity contribution is 5.70. The van der Waals surface area contributed by atoms with Crippen LogP contribution in [0.3, 0.4) is 0 Å². The number of carbonyl (C=O) groups is 2. The molecule has 1 aliphatic rings. The molecule has 1 heterocycles. The van der Waals surface area contributed by atoms with Gasteiger partial charge in [-0.2, -0.15) is 0 Å². The fraction of sp³-hybridized carbons (Fsp3) is 0.857. The zero-order valence-corrected chi connectivity index (χ0v) is 32.8. The van der Waals surface area contributed by atoms with E-state index in [4.69, 9.17) is 18.9 Å². The Hall–Kier alpha value is -1.82. The number of hydrogen-bond acceptors (Lipinski definition) is 10. The maximum absolute atomic E-state index is 12.7. The van der Waals surface area contributed by atoms with Gasteiger partial charge in [0.25, 0.3) is 0 Å². The zero-order valence-electron chi connectivity index (χ0n) is 32.8. The van der Waals surface area contributed by atoms with Crippen molar-refractivity contribution in [1.82, 2.24) is 0 Å². The highest BCUT2D eigenvalue weighted by Crippen LogP contribution is 2.22. The third kappa shape index (κ3) is 25.2. The van der Waals surface area contributed by atoms with E-state index in [1.165, 1.54) is 77.0 Å². The molecular weight excluding hydrogens is 664 g/mol. The Morgan fingerprint density at radius 1 is 0.596 bits per heavy atom. The second kappa shape index (κ2) is 33.7. The van der Waals surface area contributed by atoms with Crippen LogP contribution in [0.4, 0.5) is 0 Å². The fourth-order valence-corrected chi connectivity index (χ4v) is 6.20. The fourth-order valence-electron chi connectivity index (χ4n) is 6.20. The number of carbonyl (C=O) groups excluding carboxylic acids is 2. The van der Waals surface area contributed by atoms with Crippen LogP contribution in [-0.4, -0.2) is 89.0 Å². The van der Waals surface area contributed by atoms with E-state index in [9.17, 15) is 30.0 Å². The van der Waals surface area contributed by atoms with Crippen LogP contribution in [-0.2, 0) is 28.5 Å². The Morgan fingerprint density at radius 3 is 1.65 bits per heavy atom. The van der Waals surface area contributed by atoms with E-state index in [1.807, 2.05) is 0 Å². The van der Waals surface area contributed by atoms with E-state index < -0.39 is 49.4 Å². The molecule has 1 saturated heterocycles. The van der Waals surface area contributed by atoms with Crippen molar-refractivity contribution >= 4 is 11.9 Å². The molecule has 10 heteroatoms. The standard InChI is InChI=1S/C42H76O10/c1-3-5-7-9-11-13-15-17-19-21-23-25-27-29-31-38(45)51-35(34-50-42-41(48)40(47)39(46)36(32-43)52-42)33-49-37(44)30-28-26-24-22-20-18-16-14-12-10-8-6-4-2/h9,11,15,17,35-36,39-43,46-48H,3-8,10,12-14,16,18-34H2,1-2H3/b11-9-,17-15-/t35-,36-,39+,40+,41-,42-/m1/s1. The molecule has 6 atom stereocenters. The average molecular weight is 741 g/mol. The molecule has 0 spiro atoms. The minimum atomic E-state index is -1.59. The Kier molecular flexibility index (Phi) is 31.3. The number of hydrogen-bond donors (Lipinski definition) is 4. The molecule has 4 N–H and O–H groups in total. The van der Waals surface area contributed by atoms with Crippen LogP contribution in [0, 0.1) is 0 Å². The lowest BCUT2D eigenvalue weighted by molar-refractivity contribution is -0.305. The van der Waals surface area contributed by atoms with Gasteiger partial charge in [0, 0.05) is 12.8 Å². The van der Waals surface area contributed by atoms with Gasteiger partial charge in [0.1, 0.15) is 31.0 Å². The maximum Gasteiger partial charge on any atom is 0.306 e. The van der Waals surface area contributed by atoms with E-state index in [2.05, 4.69) is 38.2 Å².